The predicted octanol–water partition coefficient (Wildman–Crippen LogP) is 1.63. The second-order valence-electron chi connectivity index (χ2n) is 6.64. The minimum atomic E-state index is -0.0294. The van der Waals surface area contributed by atoms with E-state index in [-0.39, 0.29) is 11.9 Å². The van der Waals surface area contributed by atoms with Gasteiger partial charge in [0.05, 0.1) is 11.4 Å². The maximum absolute atomic E-state index is 12.8. The van der Waals surface area contributed by atoms with Crippen molar-refractivity contribution in [2.45, 2.75) is 38.1 Å². The summed E-state index contributed by atoms with van der Waals surface area (Å²) in [5.74, 6) is 0.361. The molecule has 1 amide bonds. The SMILES string of the molecule is Cc1ccc(-n2nnc(C(=O)N3CC[C@H](N)C3)c2C2CC2)cc1. The maximum Gasteiger partial charge on any atom is 0.276 e. The Labute approximate surface area is 135 Å². The number of carbonyl (C=O) groups is 1. The zero-order valence-electron chi connectivity index (χ0n) is 13.3. The summed E-state index contributed by atoms with van der Waals surface area (Å²) in [5.41, 5.74) is 9.54. The molecule has 4 rings (SSSR count). The number of nitrogens with zero attached hydrogens (tertiary/aromatic N) is 4. The van der Waals surface area contributed by atoms with Crippen molar-refractivity contribution in [3.63, 3.8) is 0 Å². The second kappa shape index (κ2) is 5.45. The molecule has 1 saturated carbocycles. The predicted molar refractivity (Wildman–Crippen MR) is 86.6 cm³/mol. The monoisotopic (exact) mass is 311 g/mol. The molecule has 2 fully saturated rings. The molecule has 120 valence electrons. The molecule has 0 spiro atoms. The summed E-state index contributed by atoms with van der Waals surface area (Å²) in [6.45, 7) is 3.38. The minimum Gasteiger partial charge on any atom is -0.336 e. The van der Waals surface area contributed by atoms with Crippen molar-refractivity contribution >= 4 is 5.91 Å². The third kappa shape index (κ3) is 2.63. The molecule has 1 aromatic carbocycles. The topological polar surface area (TPSA) is 77.0 Å². The Balaban J connectivity index is 1.71. The van der Waals surface area contributed by atoms with Gasteiger partial charge < -0.3 is 10.6 Å². The average molecular weight is 311 g/mol. The van der Waals surface area contributed by atoms with Crippen LogP contribution in [0.25, 0.3) is 5.69 Å². The van der Waals surface area contributed by atoms with Gasteiger partial charge in [0.2, 0.25) is 0 Å². The Kier molecular flexibility index (Phi) is 3.41. The number of nitrogens with two attached hydrogens (primary N) is 1. The van der Waals surface area contributed by atoms with Crippen molar-refractivity contribution in [1.82, 2.24) is 19.9 Å². The molecule has 1 aliphatic carbocycles. The van der Waals surface area contributed by atoms with Gasteiger partial charge in [-0.2, -0.15) is 0 Å². The molecule has 0 radical (unpaired) electrons. The van der Waals surface area contributed by atoms with Crippen LogP contribution in [0.1, 0.15) is 46.9 Å². The largest absolute Gasteiger partial charge is 0.336 e. The number of rotatable bonds is 3. The van der Waals surface area contributed by atoms with Gasteiger partial charge in [-0.15, -0.1) is 5.10 Å². The van der Waals surface area contributed by atoms with E-state index in [4.69, 9.17) is 5.73 Å². The molecule has 1 atom stereocenters. The summed E-state index contributed by atoms with van der Waals surface area (Å²) in [7, 11) is 0. The minimum absolute atomic E-state index is 0.0294. The van der Waals surface area contributed by atoms with Crippen molar-refractivity contribution in [3.8, 4) is 5.69 Å². The number of carbonyl (C=O) groups excluding carboxylic acids is 1. The van der Waals surface area contributed by atoms with Gasteiger partial charge >= 0.3 is 0 Å². The number of amides is 1. The Hall–Kier alpha value is -2.21. The van der Waals surface area contributed by atoms with Crippen LogP contribution in [0.3, 0.4) is 0 Å². The Morgan fingerprint density at radius 2 is 1.96 bits per heavy atom. The number of aromatic nitrogens is 3. The van der Waals surface area contributed by atoms with Crippen LogP contribution in [0.15, 0.2) is 24.3 Å². The summed E-state index contributed by atoms with van der Waals surface area (Å²) in [5, 5.41) is 8.50. The summed E-state index contributed by atoms with van der Waals surface area (Å²) >= 11 is 0. The lowest BCUT2D eigenvalue weighted by molar-refractivity contribution is 0.0783. The first-order chi connectivity index (χ1) is 11.1. The van der Waals surface area contributed by atoms with Crippen molar-refractivity contribution < 1.29 is 4.79 Å². The van der Waals surface area contributed by atoms with Gasteiger partial charge in [0.25, 0.3) is 5.91 Å². The van der Waals surface area contributed by atoms with Gasteiger partial charge in [-0.1, -0.05) is 22.9 Å². The Morgan fingerprint density at radius 3 is 2.57 bits per heavy atom. The van der Waals surface area contributed by atoms with Crippen LogP contribution >= 0.6 is 0 Å². The van der Waals surface area contributed by atoms with Gasteiger partial charge in [-0.3, -0.25) is 4.79 Å². The lowest BCUT2D eigenvalue weighted by atomic mass is 10.2. The van der Waals surface area contributed by atoms with Crippen LogP contribution < -0.4 is 5.73 Å². The summed E-state index contributed by atoms with van der Waals surface area (Å²) < 4.78 is 1.83. The van der Waals surface area contributed by atoms with Crippen LogP contribution in [0, 0.1) is 6.92 Å². The van der Waals surface area contributed by atoms with E-state index in [1.54, 1.807) is 4.90 Å². The maximum atomic E-state index is 12.8. The molecule has 1 aromatic heterocycles. The zero-order valence-corrected chi connectivity index (χ0v) is 13.3. The fraction of sp³-hybridized carbons (Fsp3) is 0.471. The molecular formula is C17H21N5O. The number of hydrogen-bond acceptors (Lipinski definition) is 4. The molecule has 23 heavy (non-hydrogen) atoms. The third-order valence-corrected chi connectivity index (χ3v) is 4.66. The standard InChI is InChI=1S/C17H21N5O/c1-11-2-6-14(7-3-11)22-16(12-4-5-12)15(19-20-22)17(23)21-9-8-13(18)10-21/h2-3,6-7,12-13H,4-5,8-10,18H2,1H3/t13-/m0/s1. The van der Waals surface area contributed by atoms with E-state index in [0.717, 1.165) is 30.6 Å². The second-order valence-corrected chi connectivity index (χ2v) is 6.64. The van der Waals surface area contributed by atoms with E-state index >= 15 is 0 Å². The molecule has 2 aromatic rings. The van der Waals surface area contributed by atoms with E-state index in [1.807, 2.05) is 16.8 Å². The smallest absolute Gasteiger partial charge is 0.276 e. The van der Waals surface area contributed by atoms with Crippen molar-refractivity contribution in [3.05, 3.63) is 41.2 Å². The highest BCUT2D eigenvalue weighted by Crippen LogP contribution is 2.42. The first-order valence-corrected chi connectivity index (χ1v) is 8.21. The Morgan fingerprint density at radius 1 is 1.22 bits per heavy atom. The molecular weight excluding hydrogens is 290 g/mol. The normalized spacial score (nSPS) is 21.0. The average Bonchev–Trinajstić information content (AvgIpc) is 3.14. The number of likely N-dealkylation sites (tertiary alicyclic amines) is 1. The van der Waals surface area contributed by atoms with E-state index in [2.05, 4.69) is 29.4 Å². The van der Waals surface area contributed by atoms with Crippen LogP contribution in [-0.4, -0.2) is 44.9 Å². The van der Waals surface area contributed by atoms with Gasteiger partial charge in [0.1, 0.15) is 0 Å². The summed E-state index contributed by atoms with van der Waals surface area (Å²) in [4.78, 5) is 14.6. The van der Waals surface area contributed by atoms with E-state index in [9.17, 15) is 4.79 Å². The summed E-state index contributed by atoms with van der Waals surface area (Å²) in [6, 6.07) is 8.23. The first kappa shape index (κ1) is 14.4. The van der Waals surface area contributed by atoms with Crippen LogP contribution in [0.2, 0.25) is 0 Å². The molecule has 2 aliphatic rings. The van der Waals surface area contributed by atoms with Crippen molar-refractivity contribution in [1.29, 1.82) is 0 Å². The molecule has 1 saturated heterocycles. The molecule has 6 heteroatoms. The fourth-order valence-corrected chi connectivity index (χ4v) is 3.16. The van der Waals surface area contributed by atoms with Crippen LogP contribution in [-0.2, 0) is 0 Å². The lowest BCUT2D eigenvalue weighted by Crippen LogP contribution is -2.32. The van der Waals surface area contributed by atoms with Crippen LogP contribution in [0.5, 0.6) is 0 Å². The highest BCUT2D eigenvalue weighted by molar-refractivity contribution is 5.94. The molecule has 2 heterocycles. The first-order valence-electron chi connectivity index (χ1n) is 8.21. The number of benzene rings is 1. The van der Waals surface area contributed by atoms with E-state index in [1.165, 1.54) is 5.56 Å². The quantitative estimate of drug-likeness (QED) is 0.934. The number of aryl methyl sites for hydroxylation is 1. The molecule has 1 aliphatic heterocycles. The molecule has 0 bridgehead atoms. The van der Waals surface area contributed by atoms with E-state index < -0.39 is 0 Å². The highest BCUT2D eigenvalue weighted by atomic mass is 16.2. The Bertz CT molecular complexity index is 732. The van der Waals surface area contributed by atoms with Gasteiger partial charge in [0, 0.05) is 25.0 Å². The van der Waals surface area contributed by atoms with Crippen molar-refractivity contribution in [2.75, 3.05) is 13.1 Å². The third-order valence-electron chi connectivity index (χ3n) is 4.66. The molecule has 2 N–H and O–H groups in total. The lowest BCUT2D eigenvalue weighted by Gasteiger charge is -2.15. The fourth-order valence-electron chi connectivity index (χ4n) is 3.16. The molecule has 6 nitrogen and oxygen atoms in total. The van der Waals surface area contributed by atoms with E-state index in [0.29, 0.717) is 24.7 Å². The number of hydrogen-bond donors (Lipinski definition) is 1. The molecule has 0 unspecified atom stereocenters. The zero-order chi connectivity index (χ0) is 16.0. The highest BCUT2D eigenvalue weighted by Gasteiger charge is 2.36. The van der Waals surface area contributed by atoms with Crippen LogP contribution in [0.4, 0.5) is 0 Å². The summed E-state index contributed by atoms with van der Waals surface area (Å²) in [6.07, 6.45) is 3.05. The van der Waals surface area contributed by atoms with Gasteiger partial charge in [0.15, 0.2) is 5.69 Å². The van der Waals surface area contributed by atoms with Gasteiger partial charge in [-0.25, -0.2) is 4.68 Å². The van der Waals surface area contributed by atoms with Crippen molar-refractivity contribution in [2.24, 2.45) is 5.73 Å². The van der Waals surface area contributed by atoms with Gasteiger partial charge in [-0.05, 0) is 38.3 Å².